The second-order valence-corrected chi connectivity index (χ2v) is 6.34. The van der Waals surface area contributed by atoms with Gasteiger partial charge in [0.1, 0.15) is 17.2 Å². The fraction of sp³-hybridized carbons (Fsp3) is 0.412. The number of hydrogen-bond donors (Lipinski definition) is 4. The first-order valence-corrected chi connectivity index (χ1v) is 8.25. The van der Waals surface area contributed by atoms with Crippen molar-refractivity contribution in [2.75, 3.05) is 11.1 Å². The monoisotopic (exact) mass is 311 g/mol. The molecule has 4 rings (SSSR count). The molecule has 2 heterocycles. The Bertz CT molecular complexity index is 849. The second-order valence-electron chi connectivity index (χ2n) is 6.34. The molecule has 120 valence electrons. The molecule has 0 amide bonds. The summed E-state index contributed by atoms with van der Waals surface area (Å²) in [6, 6.07) is 5.66. The molecule has 1 aliphatic carbocycles. The van der Waals surface area contributed by atoms with Gasteiger partial charge in [0.2, 0.25) is 5.95 Å². The maximum Gasteiger partial charge on any atom is 0.223 e. The van der Waals surface area contributed by atoms with Gasteiger partial charge in [0.05, 0.1) is 5.39 Å². The Labute approximate surface area is 134 Å². The summed E-state index contributed by atoms with van der Waals surface area (Å²) in [5.74, 6) is 1.25. The summed E-state index contributed by atoms with van der Waals surface area (Å²) < 4.78 is 0. The maximum atomic E-state index is 9.81. The molecule has 1 fully saturated rings. The molecule has 2 aromatic heterocycles. The number of nitrogens with two attached hydrogens (primary N) is 1. The number of aromatic nitrogens is 3. The highest BCUT2D eigenvalue weighted by atomic mass is 16.3. The highest BCUT2D eigenvalue weighted by Gasteiger charge is 2.18. The van der Waals surface area contributed by atoms with Crippen LogP contribution in [0, 0.1) is 0 Å². The number of anilines is 2. The number of H-pyrrole nitrogens is 1. The van der Waals surface area contributed by atoms with E-state index in [0.717, 1.165) is 34.9 Å². The zero-order valence-corrected chi connectivity index (χ0v) is 13.0. The fourth-order valence-corrected chi connectivity index (χ4v) is 3.52. The van der Waals surface area contributed by atoms with Crippen molar-refractivity contribution in [1.82, 2.24) is 15.0 Å². The molecule has 0 atom stereocenters. The molecule has 0 bridgehead atoms. The lowest BCUT2D eigenvalue weighted by Crippen LogP contribution is -2.19. The van der Waals surface area contributed by atoms with Crippen LogP contribution >= 0.6 is 0 Å². The van der Waals surface area contributed by atoms with E-state index >= 15 is 0 Å². The molecule has 1 aliphatic rings. The van der Waals surface area contributed by atoms with E-state index in [0.29, 0.717) is 11.7 Å². The Morgan fingerprint density at radius 1 is 1.13 bits per heavy atom. The molecular weight excluding hydrogens is 290 g/mol. The van der Waals surface area contributed by atoms with Gasteiger partial charge in [0.25, 0.3) is 0 Å². The number of phenolic OH excluding ortho intramolecular Hbond substituents is 1. The van der Waals surface area contributed by atoms with Gasteiger partial charge in [0, 0.05) is 16.9 Å². The molecule has 0 spiro atoms. The molecule has 0 radical (unpaired) electrons. The Morgan fingerprint density at radius 2 is 1.91 bits per heavy atom. The van der Waals surface area contributed by atoms with Crippen LogP contribution < -0.4 is 11.1 Å². The number of nitrogens with zero attached hydrogens (tertiary/aromatic N) is 2. The molecule has 0 unspecified atom stereocenters. The molecule has 3 aromatic rings. The summed E-state index contributed by atoms with van der Waals surface area (Å²) in [4.78, 5) is 12.0. The van der Waals surface area contributed by atoms with Gasteiger partial charge in [-0.3, -0.25) is 0 Å². The molecular formula is C17H21N5O. The van der Waals surface area contributed by atoms with Crippen LogP contribution in [0.5, 0.6) is 5.75 Å². The summed E-state index contributed by atoms with van der Waals surface area (Å²) in [5.41, 5.74) is 7.50. The summed E-state index contributed by atoms with van der Waals surface area (Å²) in [6.45, 7) is 0. The molecule has 0 saturated heterocycles. The third kappa shape index (κ3) is 2.65. The van der Waals surface area contributed by atoms with E-state index in [1.165, 1.54) is 25.7 Å². The van der Waals surface area contributed by atoms with E-state index in [1.807, 2.05) is 6.07 Å². The quantitative estimate of drug-likeness (QED) is 0.542. The number of benzene rings is 1. The molecule has 23 heavy (non-hydrogen) atoms. The topological polar surface area (TPSA) is 99.9 Å². The van der Waals surface area contributed by atoms with Crippen LogP contribution in [0.3, 0.4) is 0 Å². The number of phenols is 1. The fourth-order valence-electron chi connectivity index (χ4n) is 3.52. The van der Waals surface area contributed by atoms with Gasteiger partial charge in [-0.2, -0.15) is 9.97 Å². The van der Waals surface area contributed by atoms with Crippen LogP contribution in [0.1, 0.15) is 38.5 Å². The standard InChI is InChI=1S/C17H21N5O/c18-17-21-15(19-10-5-3-1-2-4-6-10)14-12-9-11(23)7-8-13(12)20-16(14)22-17/h7-10,23H,1-6H2,(H4,18,19,20,21,22). The first-order chi connectivity index (χ1) is 11.2. The third-order valence-electron chi connectivity index (χ3n) is 4.65. The van der Waals surface area contributed by atoms with Crippen LogP contribution in [0.4, 0.5) is 11.8 Å². The first-order valence-electron chi connectivity index (χ1n) is 8.25. The zero-order chi connectivity index (χ0) is 15.8. The van der Waals surface area contributed by atoms with Gasteiger partial charge in [-0.15, -0.1) is 0 Å². The molecule has 6 heteroatoms. The third-order valence-corrected chi connectivity index (χ3v) is 4.65. The van der Waals surface area contributed by atoms with E-state index in [1.54, 1.807) is 12.1 Å². The van der Waals surface area contributed by atoms with Gasteiger partial charge in [-0.25, -0.2) is 0 Å². The van der Waals surface area contributed by atoms with Gasteiger partial charge < -0.3 is 21.1 Å². The van der Waals surface area contributed by atoms with Crippen molar-refractivity contribution in [2.45, 2.75) is 44.6 Å². The minimum absolute atomic E-state index is 0.232. The Hall–Kier alpha value is -2.50. The molecule has 1 aromatic carbocycles. The van der Waals surface area contributed by atoms with E-state index in [-0.39, 0.29) is 11.7 Å². The van der Waals surface area contributed by atoms with Crippen LogP contribution in [0.25, 0.3) is 21.9 Å². The van der Waals surface area contributed by atoms with Gasteiger partial charge in [-0.05, 0) is 31.0 Å². The molecule has 0 aliphatic heterocycles. The SMILES string of the molecule is Nc1nc(NC2CCCCCC2)c2c(n1)[nH]c1ccc(O)cc12. The summed E-state index contributed by atoms with van der Waals surface area (Å²) in [6.07, 6.45) is 7.41. The van der Waals surface area contributed by atoms with Crippen molar-refractivity contribution >= 4 is 33.7 Å². The highest BCUT2D eigenvalue weighted by molar-refractivity contribution is 6.11. The minimum atomic E-state index is 0.232. The van der Waals surface area contributed by atoms with E-state index in [9.17, 15) is 5.11 Å². The van der Waals surface area contributed by atoms with Gasteiger partial charge in [0.15, 0.2) is 0 Å². The number of hydrogen-bond acceptors (Lipinski definition) is 5. The van der Waals surface area contributed by atoms with Crippen LogP contribution in [-0.4, -0.2) is 26.1 Å². The van der Waals surface area contributed by atoms with Crippen LogP contribution in [0.2, 0.25) is 0 Å². The smallest absolute Gasteiger partial charge is 0.223 e. The van der Waals surface area contributed by atoms with Crippen molar-refractivity contribution in [3.63, 3.8) is 0 Å². The number of aromatic amines is 1. The number of rotatable bonds is 2. The van der Waals surface area contributed by atoms with Crippen molar-refractivity contribution in [2.24, 2.45) is 0 Å². The average molecular weight is 311 g/mol. The van der Waals surface area contributed by atoms with Crippen LogP contribution in [-0.2, 0) is 0 Å². The van der Waals surface area contributed by atoms with Gasteiger partial charge >= 0.3 is 0 Å². The molecule has 5 N–H and O–H groups in total. The number of fused-ring (bicyclic) bond motifs is 3. The normalized spacial score (nSPS) is 16.7. The molecule has 1 saturated carbocycles. The number of nitrogen functional groups attached to an aromatic ring is 1. The van der Waals surface area contributed by atoms with Crippen molar-refractivity contribution < 1.29 is 5.11 Å². The zero-order valence-electron chi connectivity index (χ0n) is 13.0. The minimum Gasteiger partial charge on any atom is -0.508 e. The number of aromatic hydroxyl groups is 1. The first kappa shape index (κ1) is 14.1. The van der Waals surface area contributed by atoms with Crippen LogP contribution in [0.15, 0.2) is 18.2 Å². The van der Waals surface area contributed by atoms with Crippen molar-refractivity contribution in [3.05, 3.63) is 18.2 Å². The Morgan fingerprint density at radius 3 is 2.70 bits per heavy atom. The van der Waals surface area contributed by atoms with Crippen molar-refractivity contribution in [1.29, 1.82) is 0 Å². The summed E-state index contributed by atoms with van der Waals surface area (Å²) in [5, 5.41) is 15.2. The Kier molecular flexibility index (Phi) is 3.44. The van der Waals surface area contributed by atoms with E-state index in [4.69, 9.17) is 5.73 Å². The lowest BCUT2D eigenvalue weighted by molar-refractivity contribution is 0.476. The molecule has 6 nitrogen and oxygen atoms in total. The number of nitrogens with one attached hydrogen (secondary N) is 2. The summed E-state index contributed by atoms with van der Waals surface area (Å²) >= 11 is 0. The second kappa shape index (κ2) is 5.61. The average Bonchev–Trinajstić information content (AvgIpc) is 2.69. The predicted molar refractivity (Wildman–Crippen MR) is 92.6 cm³/mol. The lowest BCUT2D eigenvalue weighted by atomic mass is 10.1. The van der Waals surface area contributed by atoms with E-state index in [2.05, 4.69) is 20.3 Å². The predicted octanol–water partition coefficient (Wildman–Crippen LogP) is 3.53. The highest BCUT2D eigenvalue weighted by Crippen LogP contribution is 2.33. The lowest BCUT2D eigenvalue weighted by Gasteiger charge is -2.17. The van der Waals surface area contributed by atoms with E-state index < -0.39 is 0 Å². The Balaban J connectivity index is 1.83. The van der Waals surface area contributed by atoms with Crippen molar-refractivity contribution in [3.8, 4) is 5.75 Å². The summed E-state index contributed by atoms with van der Waals surface area (Å²) in [7, 11) is 0. The largest absolute Gasteiger partial charge is 0.508 e. The van der Waals surface area contributed by atoms with Gasteiger partial charge in [-0.1, -0.05) is 25.7 Å². The maximum absolute atomic E-state index is 9.81.